The molecule has 1 aliphatic rings. The molecule has 5 rings (SSSR count). The number of carbonyl (C=O) groups is 1. The molecule has 0 aliphatic carbocycles. The van der Waals surface area contributed by atoms with Gasteiger partial charge in [-0.05, 0) is 29.3 Å². The molecule has 1 amide bonds. The van der Waals surface area contributed by atoms with Crippen molar-refractivity contribution in [1.82, 2.24) is 24.6 Å². The second-order valence-electron chi connectivity index (χ2n) is 7.32. The first kappa shape index (κ1) is 17.4. The van der Waals surface area contributed by atoms with Crippen molar-refractivity contribution < 1.29 is 4.79 Å². The van der Waals surface area contributed by atoms with Crippen molar-refractivity contribution in [2.45, 2.75) is 19.0 Å². The van der Waals surface area contributed by atoms with Crippen LogP contribution in [-0.2, 0) is 13.1 Å². The van der Waals surface area contributed by atoms with Crippen LogP contribution in [0.3, 0.4) is 0 Å². The van der Waals surface area contributed by atoms with Gasteiger partial charge in [0.2, 0.25) is 0 Å². The first-order valence-corrected chi connectivity index (χ1v) is 9.70. The molecule has 1 N–H and O–H groups in total. The molecule has 4 aromatic rings. The fraction of sp³-hybridized carbons (Fsp3) is 0.174. The monoisotopic (exact) mass is 383 g/mol. The van der Waals surface area contributed by atoms with Gasteiger partial charge in [0.15, 0.2) is 0 Å². The van der Waals surface area contributed by atoms with E-state index in [-0.39, 0.29) is 11.8 Å². The summed E-state index contributed by atoms with van der Waals surface area (Å²) in [6.07, 6.45) is 5.40. The summed E-state index contributed by atoms with van der Waals surface area (Å²) in [4.78, 5) is 23.0. The van der Waals surface area contributed by atoms with E-state index in [2.05, 4.69) is 27.2 Å². The average Bonchev–Trinajstić information content (AvgIpc) is 3.45. The number of hydrogen-bond donors (Lipinski definition) is 1. The number of nitrogens with zero attached hydrogens (tertiary/aromatic N) is 4. The van der Waals surface area contributed by atoms with Crippen molar-refractivity contribution >= 4 is 5.91 Å². The van der Waals surface area contributed by atoms with E-state index in [1.807, 2.05) is 64.3 Å². The Kier molecular flexibility index (Phi) is 4.44. The highest BCUT2D eigenvalue weighted by atomic mass is 16.2. The van der Waals surface area contributed by atoms with Gasteiger partial charge in [-0.25, -0.2) is 4.98 Å². The van der Waals surface area contributed by atoms with Crippen LogP contribution in [0, 0.1) is 0 Å². The molecule has 0 spiro atoms. The van der Waals surface area contributed by atoms with E-state index < -0.39 is 0 Å². The Labute approximate surface area is 168 Å². The summed E-state index contributed by atoms with van der Waals surface area (Å²) in [6.45, 7) is 1.80. The Bertz CT molecular complexity index is 1120. The predicted molar refractivity (Wildman–Crippen MR) is 109 cm³/mol. The van der Waals surface area contributed by atoms with E-state index in [0.717, 1.165) is 17.0 Å². The number of nitrogens with one attached hydrogen (secondary N) is 1. The lowest BCUT2D eigenvalue weighted by Gasteiger charge is -2.32. The van der Waals surface area contributed by atoms with Gasteiger partial charge in [-0.2, -0.15) is 5.10 Å². The molecule has 0 bridgehead atoms. The molecular formula is C23H21N5O. The Morgan fingerprint density at radius 3 is 2.83 bits per heavy atom. The van der Waals surface area contributed by atoms with Gasteiger partial charge in [0.1, 0.15) is 0 Å². The maximum absolute atomic E-state index is 13.3. The summed E-state index contributed by atoms with van der Waals surface area (Å²) in [6, 6.07) is 20.0. The molecule has 1 atom stereocenters. The summed E-state index contributed by atoms with van der Waals surface area (Å²) >= 11 is 0. The van der Waals surface area contributed by atoms with Crippen LogP contribution in [-0.4, -0.2) is 37.1 Å². The lowest BCUT2D eigenvalue weighted by Crippen LogP contribution is -2.38. The summed E-state index contributed by atoms with van der Waals surface area (Å²) in [5, 5.41) is 4.25. The highest BCUT2D eigenvalue weighted by molar-refractivity contribution is 5.94. The Hall–Kier alpha value is -3.67. The van der Waals surface area contributed by atoms with Crippen molar-refractivity contribution in [3.05, 3.63) is 107 Å². The van der Waals surface area contributed by atoms with Crippen LogP contribution in [0.4, 0.5) is 0 Å². The van der Waals surface area contributed by atoms with Gasteiger partial charge in [-0.1, -0.05) is 42.5 Å². The third-order valence-electron chi connectivity index (χ3n) is 5.40. The minimum absolute atomic E-state index is 0.0356. The minimum atomic E-state index is 0.0356. The van der Waals surface area contributed by atoms with Crippen LogP contribution < -0.4 is 0 Å². The van der Waals surface area contributed by atoms with E-state index in [1.165, 1.54) is 5.56 Å². The van der Waals surface area contributed by atoms with Crippen LogP contribution in [0.1, 0.15) is 38.8 Å². The third-order valence-corrected chi connectivity index (χ3v) is 5.40. The fourth-order valence-electron chi connectivity index (χ4n) is 3.99. The number of imidazole rings is 1. The standard InChI is InChI=1S/C23H21N5O/c29-23(19-9-4-6-17(12-19)13-28-11-5-10-26-28)27-14-20(18-7-2-1-3-8-18)22-21(15-27)24-16-25-22/h1-12,16,20H,13-15H2,(H,24,25). The zero-order valence-corrected chi connectivity index (χ0v) is 15.9. The van der Waals surface area contributed by atoms with Crippen LogP contribution in [0.2, 0.25) is 0 Å². The van der Waals surface area contributed by atoms with Crippen LogP contribution >= 0.6 is 0 Å². The van der Waals surface area contributed by atoms with Gasteiger partial charge in [-0.3, -0.25) is 9.48 Å². The number of carbonyl (C=O) groups excluding carboxylic acids is 1. The quantitative estimate of drug-likeness (QED) is 0.587. The SMILES string of the molecule is O=C(c1cccc(Cn2cccn2)c1)N1Cc2[nH]cnc2C(c2ccccc2)C1. The number of aromatic nitrogens is 4. The molecule has 0 saturated heterocycles. The number of aromatic amines is 1. The summed E-state index contributed by atoms with van der Waals surface area (Å²) in [5.74, 6) is 0.107. The molecule has 0 saturated carbocycles. The van der Waals surface area contributed by atoms with E-state index in [9.17, 15) is 4.79 Å². The van der Waals surface area contributed by atoms with Crippen molar-refractivity contribution in [1.29, 1.82) is 0 Å². The van der Waals surface area contributed by atoms with Crippen molar-refractivity contribution in [3.8, 4) is 0 Å². The molecule has 3 heterocycles. The second kappa shape index (κ2) is 7.39. The number of amides is 1. The highest BCUT2D eigenvalue weighted by Crippen LogP contribution is 2.32. The van der Waals surface area contributed by atoms with Gasteiger partial charge in [0.05, 0.1) is 30.8 Å². The lowest BCUT2D eigenvalue weighted by atomic mass is 9.90. The molecular weight excluding hydrogens is 362 g/mol. The zero-order chi connectivity index (χ0) is 19.6. The number of hydrogen-bond acceptors (Lipinski definition) is 3. The van der Waals surface area contributed by atoms with E-state index in [4.69, 9.17) is 0 Å². The Morgan fingerprint density at radius 2 is 2.00 bits per heavy atom. The van der Waals surface area contributed by atoms with Crippen molar-refractivity contribution in [2.75, 3.05) is 6.54 Å². The molecule has 6 nitrogen and oxygen atoms in total. The summed E-state index contributed by atoms with van der Waals surface area (Å²) in [7, 11) is 0. The summed E-state index contributed by atoms with van der Waals surface area (Å²) in [5.41, 5.74) is 4.97. The van der Waals surface area contributed by atoms with E-state index in [1.54, 1.807) is 12.5 Å². The Balaban J connectivity index is 1.42. The van der Waals surface area contributed by atoms with Gasteiger partial charge < -0.3 is 9.88 Å². The number of rotatable bonds is 4. The van der Waals surface area contributed by atoms with E-state index in [0.29, 0.717) is 25.2 Å². The smallest absolute Gasteiger partial charge is 0.254 e. The maximum Gasteiger partial charge on any atom is 0.254 e. The summed E-state index contributed by atoms with van der Waals surface area (Å²) < 4.78 is 1.85. The Morgan fingerprint density at radius 1 is 1.10 bits per heavy atom. The van der Waals surface area contributed by atoms with Gasteiger partial charge in [0, 0.05) is 30.4 Å². The zero-order valence-electron chi connectivity index (χ0n) is 15.9. The van der Waals surface area contributed by atoms with Gasteiger partial charge >= 0.3 is 0 Å². The topological polar surface area (TPSA) is 66.8 Å². The molecule has 1 aliphatic heterocycles. The molecule has 0 radical (unpaired) electrons. The predicted octanol–water partition coefficient (Wildman–Crippen LogP) is 3.44. The molecule has 1 unspecified atom stereocenters. The van der Waals surface area contributed by atoms with Crippen molar-refractivity contribution in [3.63, 3.8) is 0 Å². The van der Waals surface area contributed by atoms with Crippen LogP contribution in [0.25, 0.3) is 0 Å². The first-order chi connectivity index (χ1) is 14.3. The van der Waals surface area contributed by atoms with Crippen LogP contribution in [0.15, 0.2) is 79.4 Å². The highest BCUT2D eigenvalue weighted by Gasteiger charge is 2.31. The number of fused-ring (bicyclic) bond motifs is 1. The normalized spacial score (nSPS) is 15.9. The molecule has 2 aromatic heterocycles. The van der Waals surface area contributed by atoms with Gasteiger partial charge in [0.25, 0.3) is 5.91 Å². The molecule has 2 aromatic carbocycles. The molecule has 29 heavy (non-hydrogen) atoms. The van der Waals surface area contributed by atoms with Crippen LogP contribution in [0.5, 0.6) is 0 Å². The third kappa shape index (κ3) is 3.45. The fourth-order valence-corrected chi connectivity index (χ4v) is 3.99. The largest absolute Gasteiger partial charge is 0.347 e. The average molecular weight is 383 g/mol. The molecule has 6 heteroatoms. The minimum Gasteiger partial charge on any atom is -0.347 e. The second-order valence-corrected chi connectivity index (χ2v) is 7.32. The number of H-pyrrole nitrogens is 1. The van der Waals surface area contributed by atoms with Gasteiger partial charge in [-0.15, -0.1) is 0 Å². The first-order valence-electron chi connectivity index (χ1n) is 9.70. The molecule has 144 valence electrons. The van der Waals surface area contributed by atoms with Crippen molar-refractivity contribution in [2.24, 2.45) is 0 Å². The molecule has 0 fully saturated rings. The lowest BCUT2D eigenvalue weighted by molar-refractivity contribution is 0.0721. The maximum atomic E-state index is 13.3. The van der Waals surface area contributed by atoms with E-state index >= 15 is 0 Å². The number of benzene rings is 2.